The van der Waals surface area contributed by atoms with Gasteiger partial charge in [0.1, 0.15) is 5.75 Å². The smallest absolute Gasteiger partial charge is 0.258 e. The minimum atomic E-state index is -0.559. The molecule has 0 saturated carbocycles. The molecule has 17 heavy (non-hydrogen) atoms. The van der Waals surface area contributed by atoms with Crippen LogP contribution in [0.3, 0.4) is 0 Å². The summed E-state index contributed by atoms with van der Waals surface area (Å²) in [6, 6.07) is 5.20. The Kier molecular flexibility index (Phi) is 5.25. The van der Waals surface area contributed by atoms with E-state index in [4.69, 9.17) is 21.4 Å². The zero-order valence-electron chi connectivity index (χ0n) is 9.87. The second-order valence-corrected chi connectivity index (χ2v) is 4.29. The van der Waals surface area contributed by atoms with Gasteiger partial charge in [0.15, 0.2) is 6.61 Å². The summed E-state index contributed by atoms with van der Waals surface area (Å²) in [5.41, 5.74) is 0.876. The number of nitrogens with one attached hydrogen (secondary N) is 1. The Bertz CT molecular complexity index is 393. The van der Waals surface area contributed by atoms with Crippen LogP contribution in [0.1, 0.15) is 12.5 Å². The lowest BCUT2D eigenvalue weighted by Crippen LogP contribution is -2.34. The van der Waals surface area contributed by atoms with Crippen molar-refractivity contribution in [1.82, 2.24) is 5.32 Å². The normalized spacial score (nSPS) is 12.0. The summed E-state index contributed by atoms with van der Waals surface area (Å²) in [4.78, 5) is 11.3. The fraction of sp³-hybridized carbons (Fsp3) is 0.417. The van der Waals surface area contributed by atoms with Crippen molar-refractivity contribution in [2.75, 3.05) is 13.2 Å². The van der Waals surface area contributed by atoms with Crippen molar-refractivity contribution < 1.29 is 14.6 Å². The molecule has 0 radical (unpaired) electrons. The van der Waals surface area contributed by atoms with Crippen LogP contribution in [0.2, 0.25) is 5.02 Å². The van der Waals surface area contributed by atoms with Crippen molar-refractivity contribution in [1.29, 1.82) is 0 Å². The zero-order valence-corrected chi connectivity index (χ0v) is 10.6. The van der Waals surface area contributed by atoms with Crippen molar-refractivity contribution in [2.45, 2.75) is 20.0 Å². The minimum Gasteiger partial charge on any atom is -0.484 e. The fourth-order valence-electron chi connectivity index (χ4n) is 1.23. The molecule has 1 atom stereocenters. The third kappa shape index (κ3) is 5.06. The monoisotopic (exact) mass is 257 g/mol. The number of benzene rings is 1. The Hall–Kier alpha value is -1.26. The van der Waals surface area contributed by atoms with E-state index in [2.05, 4.69) is 5.32 Å². The number of hydrogen-bond acceptors (Lipinski definition) is 3. The first-order chi connectivity index (χ1) is 7.99. The van der Waals surface area contributed by atoms with Gasteiger partial charge in [0.25, 0.3) is 5.91 Å². The highest BCUT2D eigenvalue weighted by Gasteiger charge is 2.05. The molecule has 94 valence electrons. The van der Waals surface area contributed by atoms with Crippen LogP contribution in [0.4, 0.5) is 0 Å². The van der Waals surface area contributed by atoms with Crippen LogP contribution in [0.25, 0.3) is 0 Å². The minimum absolute atomic E-state index is 0.0742. The van der Waals surface area contributed by atoms with Gasteiger partial charge in [0.05, 0.1) is 6.10 Å². The van der Waals surface area contributed by atoms with Crippen molar-refractivity contribution >= 4 is 17.5 Å². The first-order valence-electron chi connectivity index (χ1n) is 5.32. The highest BCUT2D eigenvalue weighted by atomic mass is 35.5. The van der Waals surface area contributed by atoms with Gasteiger partial charge in [-0.2, -0.15) is 0 Å². The van der Waals surface area contributed by atoms with Crippen LogP contribution >= 0.6 is 11.6 Å². The second kappa shape index (κ2) is 6.47. The van der Waals surface area contributed by atoms with Gasteiger partial charge < -0.3 is 15.2 Å². The highest BCUT2D eigenvalue weighted by Crippen LogP contribution is 2.21. The van der Waals surface area contributed by atoms with E-state index in [0.29, 0.717) is 10.8 Å². The number of aliphatic hydroxyl groups is 1. The first-order valence-corrected chi connectivity index (χ1v) is 5.70. The fourth-order valence-corrected chi connectivity index (χ4v) is 1.46. The molecule has 1 amide bonds. The average Bonchev–Trinajstić information content (AvgIpc) is 2.25. The van der Waals surface area contributed by atoms with E-state index in [1.807, 2.05) is 6.92 Å². The van der Waals surface area contributed by atoms with Gasteiger partial charge in [-0.25, -0.2) is 0 Å². The predicted molar refractivity (Wildman–Crippen MR) is 66.4 cm³/mol. The number of rotatable bonds is 5. The van der Waals surface area contributed by atoms with Gasteiger partial charge in [0, 0.05) is 11.6 Å². The molecule has 1 aromatic rings. The molecule has 0 aliphatic rings. The molecule has 0 bridgehead atoms. The van der Waals surface area contributed by atoms with Gasteiger partial charge in [-0.1, -0.05) is 11.6 Å². The number of carbonyl (C=O) groups is 1. The lowest BCUT2D eigenvalue weighted by Gasteiger charge is -2.10. The summed E-state index contributed by atoms with van der Waals surface area (Å²) in [7, 11) is 0. The van der Waals surface area contributed by atoms with Gasteiger partial charge in [-0.15, -0.1) is 0 Å². The van der Waals surface area contributed by atoms with Gasteiger partial charge >= 0.3 is 0 Å². The Balaban J connectivity index is 2.42. The van der Waals surface area contributed by atoms with Crippen LogP contribution in [0, 0.1) is 6.92 Å². The Labute approximate surface area is 106 Å². The maximum atomic E-state index is 11.3. The van der Waals surface area contributed by atoms with E-state index in [9.17, 15) is 4.79 Å². The third-order valence-corrected chi connectivity index (χ3v) is 2.33. The van der Waals surface area contributed by atoms with Crippen LogP contribution in [0.15, 0.2) is 18.2 Å². The van der Waals surface area contributed by atoms with Crippen LogP contribution < -0.4 is 10.1 Å². The highest BCUT2D eigenvalue weighted by molar-refractivity contribution is 6.30. The number of hydrogen-bond donors (Lipinski definition) is 2. The molecule has 0 aliphatic carbocycles. The van der Waals surface area contributed by atoms with E-state index in [-0.39, 0.29) is 19.1 Å². The van der Waals surface area contributed by atoms with Crippen LogP contribution in [0.5, 0.6) is 5.75 Å². The molecule has 0 aromatic heterocycles. The zero-order chi connectivity index (χ0) is 12.8. The summed E-state index contributed by atoms with van der Waals surface area (Å²) in [6.07, 6.45) is -0.559. The van der Waals surface area contributed by atoms with Gasteiger partial charge in [-0.05, 0) is 37.6 Å². The number of aryl methyl sites for hydroxylation is 1. The van der Waals surface area contributed by atoms with E-state index in [1.54, 1.807) is 25.1 Å². The molecule has 0 unspecified atom stereocenters. The molecule has 0 spiro atoms. The van der Waals surface area contributed by atoms with E-state index in [1.165, 1.54) is 0 Å². The average molecular weight is 258 g/mol. The van der Waals surface area contributed by atoms with Crippen LogP contribution in [-0.4, -0.2) is 30.3 Å². The predicted octanol–water partition coefficient (Wildman–Crippen LogP) is 1.52. The molecular weight excluding hydrogens is 242 g/mol. The summed E-state index contributed by atoms with van der Waals surface area (Å²) in [5, 5.41) is 12.2. The quantitative estimate of drug-likeness (QED) is 0.841. The lowest BCUT2D eigenvalue weighted by molar-refractivity contribution is -0.123. The molecule has 4 nitrogen and oxygen atoms in total. The maximum Gasteiger partial charge on any atom is 0.258 e. The molecule has 0 saturated heterocycles. The number of halogens is 1. The number of aliphatic hydroxyl groups excluding tert-OH is 1. The molecule has 0 fully saturated rings. The van der Waals surface area contributed by atoms with Gasteiger partial charge in [-0.3, -0.25) is 4.79 Å². The number of carbonyl (C=O) groups excluding carboxylic acids is 1. The van der Waals surface area contributed by atoms with Crippen molar-refractivity contribution in [3.05, 3.63) is 28.8 Å². The Morgan fingerprint density at radius 1 is 1.59 bits per heavy atom. The Morgan fingerprint density at radius 3 is 2.88 bits per heavy atom. The summed E-state index contributed by atoms with van der Waals surface area (Å²) < 4.78 is 5.33. The van der Waals surface area contributed by atoms with Crippen LogP contribution in [-0.2, 0) is 4.79 Å². The molecule has 1 rings (SSSR count). The van der Waals surface area contributed by atoms with Crippen molar-refractivity contribution in [3.63, 3.8) is 0 Å². The van der Waals surface area contributed by atoms with E-state index >= 15 is 0 Å². The SMILES string of the molecule is Cc1cc(Cl)ccc1OCC(=O)NC[C@H](C)O. The molecule has 0 aliphatic heterocycles. The number of ether oxygens (including phenoxy) is 1. The third-order valence-electron chi connectivity index (χ3n) is 2.09. The second-order valence-electron chi connectivity index (χ2n) is 3.85. The first kappa shape index (κ1) is 13.8. The molecule has 1 aromatic carbocycles. The molecule has 5 heteroatoms. The summed E-state index contributed by atoms with van der Waals surface area (Å²) >= 11 is 5.80. The van der Waals surface area contributed by atoms with E-state index in [0.717, 1.165) is 5.56 Å². The number of amides is 1. The topological polar surface area (TPSA) is 58.6 Å². The summed E-state index contributed by atoms with van der Waals surface area (Å²) in [5.74, 6) is 0.363. The van der Waals surface area contributed by atoms with Crippen molar-refractivity contribution in [3.8, 4) is 5.75 Å². The molecular formula is C12H16ClNO3. The van der Waals surface area contributed by atoms with Gasteiger partial charge in [0.2, 0.25) is 0 Å². The van der Waals surface area contributed by atoms with Crippen molar-refractivity contribution in [2.24, 2.45) is 0 Å². The Morgan fingerprint density at radius 2 is 2.29 bits per heavy atom. The molecule has 2 N–H and O–H groups in total. The largest absolute Gasteiger partial charge is 0.484 e. The molecule has 0 heterocycles. The standard InChI is InChI=1S/C12H16ClNO3/c1-8-5-10(13)3-4-11(8)17-7-12(16)14-6-9(2)15/h3-5,9,15H,6-7H2,1-2H3,(H,14,16)/t9-/m0/s1. The maximum absolute atomic E-state index is 11.3. The summed E-state index contributed by atoms with van der Waals surface area (Å²) in [6.45, 7) is 3.61. The lowest BCUT2D eigenvalue weighted by atomic mass is 10.2. The van der Waals surface area contributed by atoms with E-state index < -0.39 is 6.10 Å².